The van der Waals surface area contributed by atoms with Crippen LogP contribution in [-0.2, 0) is 0 Å². The summed E-state index contributed by atoms with van der Waals surface area (Å²) in [4.78, 5) is 17.0. The van der Waals surface area contributed by atoms with Gasteiger partial charge in [0.05, 0.1) is 0 Å². The number of pyridine rings is 1. The van der Waals surface area contributed by atoms with Crippen LogP contribution in [-0.4, -0.2) is 26.0 Å². The van der Waals surface area contributed by atoms with E-state index in [2.05, 4.69) is 20.9 Å². The summed E-state index contributed by atoms with van der Waals surface area (Å²) >= 11 is 23.4. The molecule has 0 spiro atoms. The Morgan fingerprint density at radius 3 is 2.39 bits per heavy atom. The summed E-state index contributed by atoms with van der Waals surface area (Å²) < 4.78 is -1.85. The van der Waals surface area contributed by atoms with Crippen LogP contribution < -0.4 is 16.0 Å². The molecule has 9 heteroatoms. The van der Waals surface area contributed by atoms with Crippen LogP contribution in [0.4, 0.5) is 5.82 Å². The van der Waals surface area contributed by atoms with Crippen molar-refractivity contribution in [2.45, 2.75) is 9.96 Å². The first kappa shape index (κ1) is 20.6. The number of hydrogen-bond acceptors (Lipinski definition) is 3. The van der Waals surface area contributed by atoms with Crippen LogP contribution in [0.2, 0.25) is 0 Å². The Morgan fingerprint density at radius 2 is 1.68 bits per heavy atom. The molecule has 28 heavy (non-hydrogen) atoms. The van der Waals surface area contributed by atoms with E-state index in [1.807, 2.05) is 30.3 Å². The van der Waals surface area contributed by atoms with Crippen molar-refractivity contribution >= 4 is 74.6 Å². The number of anilines is 1. The number of rotatable bonds is 4. The summed E-state index contributed by atoms with van der Waals surface area (Å²) in [6, 6.07) is 18.3. The third kappa shape index (κ3) is 5.23. The molecule has 0 saturated heterocycles. The van der Waals surface area contributed by atoms with Crippen molar-refractivity contribution in [2.24, 2.45) is 0 Å². The molecule has 3 aromatic rings. The Hall–Kier alpha value is -2.12. The van der Waals surface area contributed by atoms with Gasteiger partial charge in [0.2, 0.25) is 3.79 Å². The quantitative estimate of drug-likeness (QED) is 0.305. The van der Waals surface area contributed by atoms with Crippen molar-refractivity contribution in [2.75, 3.05) is 5.32 Å². The highest BCUT2D eigenvalue weighted by atomic mass is 35.6. The van der Waals surface area contributed by atoms with Gasteiger partial charge in [0.25, 0.3) is 5.91 Å². The lowest BCUT2D eigenvalue weighted by atomic mass is 10.0. The highest BCUT2D eigenvalue weighted by Crippen LogP contribution is 2.29. The summed E-state index contributed by atoms with van der Waals surface area (Å²) in [6.45, 7) is 0. The van der Waals surface area contributed by atoms with Crippen LogP contribution in [0.3, 0.4) is 0 Å². The van der Waals surface area contributed by atoms with Crippen molar-refractivity contribution in [3.05, 3.63) is 72.4 Å². The smallest absolute Gasteiger partial charge is 0.253 e. The van der Waals surface area contributed by atoms with Gasteiger partial charge in [0.15, 0.2) is 5.11 Å². The van der Waals surface area contributed by atoms with Crippen molar-refractivity contribution in [3.63, 3.8) is 0 Å². The number of thiocarbonyl (C=S) groups is 1. The molecule has 3 N–H and O–H groups in total. The summed E-state index contributed by atoms with van der Waals surface area (Å²) in [5, 5.41) is 10.2. The number of fused-ring (bicyclic) bond motifs is 1. The third-order valence-corrected chi connectivity index (χ3v) is 4.69. The molecule has 0 unspecified atom stereocenters. The summed E-state index contributed by atoms with van der Waals surface area (Å²) in [5.41, 5.74) is 0.461. The zero-order chi connectivity index (χ0) is 20.1. The van der Waals surface area contributed by atoms with Gasteiger partial charge in [0.1, 0.15) is 12.0 Å². The zero-order valence-corrected chi connectivity index (χ0v) is 17.4. The number of amides is 1. The molecule has 5 nitrogen and oxygen atoms in total. The number of halogens is 3. The number of hydrogen-bond donors (Lipinski definition) is 3. The molecule has 0 saturated carbocycles. The maximum absolute atomic E-state index is 12.9. The number of nitrogens with zero attached hydrogens (tertiary/aromatic N) is 1. The minimum Gasteiger partial charge on any atom is -0.339 e. The second kappa shape index (κ2) is 8.92. The van der Waals surface area contributed by atoms with E-state index in [9.17, 15) is 4.79 Å². The average molecular weight is 454 g/mol. The fourth-order valence-electron chi connectivity index (χ4n) is 2.55. The van der Waals surface area contributed by atoms with Crippen LogP contribution in [0.15, 0.2) is 66.9 Å². The standard InChI is InChI=1S/C19H15Cl3N4OS/c20-19(21,22)17(26-18(28)24-15-10-3-4-11-23-15)25-16(27)14-9-5-7-12-6-1-2-8-13(12)14/h1-11,17H,(H,25,27)(H2,23,24,26,28)/t17-/m1/s1. The summed E-state index contributed by atoms with van der Waals surface area (Å²) in [5.74, 6) is 0.115. The topological polar surface area (TPSA) is 66.1 Å². The van der Waals surface area contributed by atoms with Gasteiger partial charge < -0.3 is 16.0 Å². The van der Waals surface area contributed by atoms with Gasteiger partial charge in [-0.25, -0.2) is 4.98 Å². The van der Waals surface area contributed by atoms with Crippen LogP contribution in [0.1, 0.15) is 10.4 Å². The van der Waals surface area contributed by atoms with E-state index in [1.165, 1.54) is 0 Å². The van der Waals surface area contributed by atoms with Gasteiger partial charge in [-0.2, -0.15) is 0 Å². The fourth-order valence-corrected chi connectivity index (χ4v) is 3.10. The van der Waals surface area contributed by atoms with E-state index >= 15 is 0 Å². The van der Waals surface area contributed by atoms with Gasteiger partial charge in [-0.1, -0.05) is 77.3 Å². The van der Waals surface area contributed by atoms with Crippen LogP contribution >= 0.6 is 47.0 Å². The van der Waals surface area contributed by atoms with Crippen LogP contribution in [0, 0.1) is 0 Å². The molecule has 1 heterocycles. The minimum absolute atomic E-state index is 0.147. The lowest BCUT2D eigenvalue weighted by molar-refractivity contribution is 0.0936. The lowest BCUT2D eigenvalue weighted by Crippen LogP contribution is -2.56. The van der Waals surface area contributed by atoms with E-state index in [4.69, 9.17) is 47.0 Å². The number of carbonyl (C=O) groups is 1. The van der Waals surface area contributed by atoms with Crippen molar-refractivity contribution < 1.29 is 4.79 Å². The van der Waals surface area contributed by atoms with E-state index < -0.39 is 15.9 Å². The van der Waals surface area contributed by atoms with Gasteiger partial charge in [0, 0.05) is 11.8 Å². The highest BCUT2D eigenvalue weighted by molar-refractivity contribution is 7.80. The molecule has 0 aliphatic heterocycles. The fraction of sp³-hybridized carbons (Fsp3) is 0.105. The minimum atomic E-state index is -1.85. The predicted molar refractivity (Wildman–Crippen MR) is 119 cm³/mol. The molecule has 0 radical (unpaired) electrons. The molecular formula is C19H15Cl3N4OS. The van der Waals surface area contributed by atoms with Crippen LogP contribution in [0.5, 0.6) is 0 Å². The third-order valence-electron chi connectivity index (χ3n) is 3.82. The predicted octanol–water partition coefficient (Wildman–Crippen LogP) is 4.65. The maximum Gasteiger partial charge on any atom is 0.253 e. The Bertz CT molecular complexity index is 990. The van der Waals surface area contributed by atoms with E-state index in [0.29, 0.717) is 11.4 Å². The van der Waals surface area contributed by atoms with Crippen molar-refractivity contribution in [3.8, 4) is 0 Å². The van der Waals surface area contributed by atoms with E-state index in [1.54, 1.807) is 36.5 Å². The number of aromatic nitrogens is 1. The Labute approximate surface area is 182 Å². The van der Waals surface area contributed by atoms with E-state index in [0.717, 1.165) is 10.8 Å². The molecule has 1 amide bonds. The Balaban J connectivity index is 1.77. The molecule has 144 valence electrons. The van der Waals surface area contributed by atoms with Gasteiger partial charge in [-0.15, -0.1) is 0 Å². The van der Waals surface area contributed by atoms with Gasteiger partial charge in [-0.3, -0.25) is 4.79 Å². The molecule has 2 aromatic carbocycles. The summed E-state index contributed by atoms with van der Waals surface area (Å²) in [7, 11) is 0. The summed E-state index contributed by atoms with van der Waals surface area (Å²) in [6.07, 6.45) is 0.535. The molecule has 0 aliphatic rings. The van der Waals surface area contributed by atoms with Crippen LogP contribution in [0.25, 0.3) is 10.8 Å². The molecule has 0 bridgehead atoms. The number of carbonyl (C=O) groups excluding carboxylic acids is 1. The Kier molecular flexibility index (Phi) is 6.57. The lowest BCUT2D eigenvalue weighted by Gasteiger charge is -2.27. The first-order valence-corrected chi connectivity index (χ1v) is 9.73. The number of benzene rings is 2. The first-order chi connectivity index (χ1) is 13.3. The zero-order valence-electron chi connectivity index (χ0n) is 14.3. The van der Waals surface area contributed by atoms with Crippen molar-refractivity contribution in [1.82, 2.24) is 15.6 Å². The second-order valence-corrected chi connectivity index (χ2v) is 8.57. The number of alkyl halides is 3. The Morgan fingerprint density at radius 1 is 0.964 bits per heavy atom. The molecule has 1 aromatic heterocycles. The maximum atomic E-state index is 12.9. The normalized spacial score (nSPS) is 12.2. The molecule has 0 fully saturated rings. The SMILES string of the molecule is O=C(N[C@H](NC(=S)Nc1ccccn1)C(Cl)(Cl)Cl)c1cccc2ccccc12. The molecule has 1 atom stereocenters. The molecule has 3 rings (SSSR count). The van der Waals surface area contributed by atoms with Gasteiger partial charge in [-0.05, 0) is 41.2 Å². The largest absolute Gasteiger partial charge is 0.339 e. The molecular weight excluding hydrogens is 439 g/mol. The monoisotopic (exact) mass is 452 g/mol. The highest BCUT2D eigenvalue weighted by Gasteiger charge is 2.35. The number of nitrogens with one attached hydrogen (secondary N) is 3. The second-order valence-electron chi connectivity index (χ2n) is 5.79. The first-order valence-electron chi connectivity index (χ1n) is 8.18. The van der Waals surface area contributed by atoms with Crippen molar-refractivity contribution in [1.29, 1.82) is 0 Å². The molecule has 0 aliphatic carbocycles. The van der Waals surface area contributed by atoms with E-state index in [-0.39, 0.29) is 5.11 Å². The van der Waals surface area contributed by atoms with Gasteiger partial charge >= 0.3 is 0 Å². The average Bonchev–Trinajstić information content (AvgIpc) is 2.67.